The van der Waals surface area contributed by atoms with Gasteiger partial charge in [-0.1, -0.05) is 58.3 Å². The number of phenolic OH excluding ortho intramolecular Hbond substituents is 1. The standard InChI is InChI=1S/C29H45NO7/c1-6-7-8-9-10-11-12-13-14-15-24(31)30-23(27(33)34)18-36-28(35)29(5)17-16-22-21(4)25(32)19(2)20(3)26(22)37-29/h23,32H,6-18H2,1-5H3,(H,30,31)(H,33,34)/t23-,29?/m0/s1. The number of benzene rings is 1. The molecule has 0 saturated heterocycles. The molecule has 2 atom stereocenters. The number of aromatic hydroxyl groups is 1. The van der Waals surface area contributed by atoms with Crippen molar-refractivity contribution < 1.29 is 34.1 Å². The lowest BCUT2D eigenvalue weighted by molar-refractivity contribution is -0.165. The molecule has 37 heavy (non-hydrogen) atoms. The van der Waals surface area contributed by atoms with Crippen molar-refractivity contribution in [3.63, 3.8) is 0 Å². The highest BCUT2D eigenvalue weighted by Crippen LogP contribution is 2.43. The van der Waals surface area contributed by atoms with Gasteiger partial charge in [-0.15, -0.1) is 0 Å². The van der Waals surface area contributed by atoms with E-state index in [1.165, 1.54) is 32.1 Å². The van der Waals surface area contributed by atoms with Crippen molar-refractivity contribution in [2.45, 2.75) is 123 Å². The lowest BCUT2D eigenvalue weighted by Gasteiger charge is -2.36. The molecule has 0 aromatic heterocycles. The Labute approximate surface area is 221 Å². The van der Waals surface area contributed by atoms with E-state index in [-0.39, 0.29) is 18.1 Å². The van der Waals surface area contributed by atoms with Crippen LogP contribution in [0.3, 0.4) is 0 Å². The second kappa shape index (κ2) is 14.2. The molecular weight excluding hydrogens is 474 g/mol. The van der Waals surface area contributed by atoms with Gasteiger partial charge in [0, 0.05) is 18.4 Å². The molecule has 1 aromatic carbocycles. The topological polar surface area (TPSA) is 122 Å². The molecule has 208 valence electrons. The molecule has 1 aliphatic heterocycles. The van der Waals surface area contributed by atoms with Crippen LogP contribution in [-0.4, -0.2) is 46.3 Å². The van der Waals surface area contributed by atoms with Gasteiger partial charge in [0.15, 0.2) is 6.04 Å². The van der Waals surface area contributed by atoms with Crippen molar-refractivity contribution >= 4 is 17.8 Å². The number of ether oxygens (including phenoxy) is 2. The van der Waals surface area contributed by atoms with Crippen molar-refractivity contribution in [3.8, 4) is 11.5 Å². The van der Waals surface area contributed by atoms with Crippen LogP contribution in [0.2, 0.25) is 0 Å². The molecule has 1 unspecified atom stereocenters. The van der Waals surface area contributed by atoms with Crippen molar-refractivity contribution in [3.05, 3.63) is 22.3 Å². The number of hydrogen-bond acceptors (Lipinski definition) is 6. The Hall–Kier alpha value is -2.77. The monoisotopic (exact) mass is 519 g/mol. The molecule has 0 saturated carbocycles. The summed E-state index contributed by atoms with van der Waals surface area (Å²) in [5, 5.41) is 22.3. The quantitative estimate of drug-likeness (QED) is 0.208. The Balaban J connectivity index is 1.82. The second-order valence-corrected chi connectivity index (χ2v) is 10.5. The molecule has 1 aromatic rings. The maximum Gasteiger partial charge on any atom is 0.350 e. The van der Waals surface area contributed by atoms with Crippen LogP contribution in [-0.2, 0) is 25.5 Å². The fourth-order valence-corrected chi connectivity index (χ4v) is 4.74. The first-order chi connectivity index (χ1) is 17.5. The second-order valence-electron chi connectivity index (χ2n) is 10.5. The van der Waals surface area contributed by atoms with Crippen LogP contribution in [0.1, 0.15) is 107 Å². The highest BCUT2D eigenvalue weighted by Gasteiger charge is 2.42. The van der Waals surface area contributed by atoms with Gasteiger partial charge < -0.3 is 25.0 Å². The Morgan fingerprint density at radius 2 is 1.57 bits per heavy atom. The van der Waals surface area contributed by atoms with Gasteiger partial charge in [-0.05, 0) is 57.2 Å². The number of phenols is 1. The van der Waals surface area contributed by atoms with Crippen molar-refractivity contribution in [2.24, 2.45) is 0 Å². The zero-order chi connectivity index (χ0) is 27.6. The number of nitrogens with one attached hydrogen (secondary N) is 1. The number of carboxylic acids is 1. The minimum atomic E-state index is -1.32. The summed E-state index contributed by atoms with van der Waals surface area (Å²) >= 11 is 0. The maximum absolute atomic E-state index is 12.9. The zero-order valence-corrected chi connectivity index (χ0v) is 23.2. The fourth-order valence-electron chi connectivity index (χ4n) is 4.74. The third-order valence-corrected chi connectivity index (χ3v) is 7.47. The average molecular weight is 520 g/mol. The van der Waals surface area contributed by atoms with Gasteiger partial charge in [-0.2, -0.15) is 0 Å². The molecule has 8 heteroatoms. The first-order valence-electron chi connectivity index (χ1n) is 13.7. The van der Waals surface area contributed by atoms with Gasteiger partial charge in [0.2, 0.25) is 11.5 Å². The van der Waals surface area contributed by atoms with E-state index in [0.717, 1.165) is 36.0 Å². The van der Waals surface area contributed by atoms with Crippen molar-refractivity contribution in [1.82, 2.24) is 5.32 Å². The van der Waals surface area contributed by atoms with Gasteiger partial charge in [0.1, 0.15) is 18.1 Å². The van der Waals surface area contributed by atoms with E-state index in [9.17, 15) is 24.6 Å². The number of carbonyl (C=O) groups excluding carboxylic acids is 2. The Bertz CT molecular complexity index is 958. The molecule has 0 radical (unpaired) electrons. The van der Waals surface area contributed by atoms with Crippen LogP contribution in [0.4, 0.5) is 0 Å². The van der Waals surface area contributed by atoms with Crippen LogP contribution in [0.25, 0.3) is 0 Å². The number of fused-ring (bicyclic) bond motifs is 1. The summed E-state index contributed by atoms with van der Waals surface area (Å²) in [6, 6.07) is -1.32. The summed E-state index contributed by atoms with van der Waals surface area (Å²) in [6.07, 6.45) is 11.2. The minimum Gasteiger partial charge on any atom is -0.507 e. The molecule has 0 spiro atoms. The lowest BCUT2D eigenvalue weighted by atomic mass is 9.87. The molecule has 3 N–H and O–H groups in total. The van der Waals surface area contributed by atoms with Crippen LogP contribution in [0.15, 0.2) is 0 Å². The van der Waals surface area contributed by atoms with Gasteiger partial charge in [-0.25, -0.2) is 9.59 Å². The molecule has 1 amide bonds. The van der Waals surface area contributed by atoms with E-state index in [4.69, 9.17) is 9.47 Å². The molecule has 1 aliphatic rings. The SMILES string of the molecule is CCCCCCCCCCCC(=O)N[C@@H](COC(=O)C1(C)CCc2c(C)c(O)c(C)c(C)c2O1)C(=O)O. The average Bonchev–Trinajstić information content (AvgIpc) is 2.87. The lowest BCUT2D eigenvalue weighted by Crippen LogP contribution is -2.49. The van der Waals surface area contributed by atoms with E-state index < -0.39 is 30.2 Å². The summed E-state index contributed by atoms with van der Waals surface area (Å²) in [5.41, 5.74) is 1.74. The fraction of sp³-hybridized carbons (Fsp3) is 0.690. The summed E-state index contributed by atoms with van der Waals surface area (Å²) in [6.45, 7) is 8.78. The van der Waals surface area contributed by atoms with E-state index in [1.54, 1.807) is 13.8 Å². The van der Waals surface area contributed by atoms with Gasteiger partial charge >= 0.3 is 11.9 Å². The van der Waals surface area contributed by atoms with Gasteiger partial charge in [0.25, 0.3) is 0 Å². The third kappa shape index (κ3) is 8.37. The van der Waals surface area contributed by atoms with E-state index in [1.807, 2.05) is 13.8 Å². The van der Waals surface area contributed by atoms with Crippen LogP contribution in [0, 0.1) is 20.8 Å². The molecule has 8 nitrogen and oxygen atoms in total. The number of aliphatic carboxylic acids is 1. The number of amides is 1. The van der Waals surface area contributed by atoms with Crippen molar-refractivity contribution in [1.29, 1.82) is 0 Å². The number of carbonyl (C=O) groups is 3. The smallest absolute Gasteiger partial charge is 0.350 e. The van der Waals surface area contributed by atoms with Crippen molar-refractivity contribution in [2.75, 3.05) is 6.61 Å². The Morgan fingerprint density at radius 3 is 2.16 bits per heavy atom. The third-order valence-electron chi connectivity index (χ3n) is 7.47. The molecule has 0 bridgehead atoms. The first-order valence-corrected chi connectivity index (χ1v) is 13.7. The van der Waals surface area contributed by atoms with Crippen LogP contribution in [0.5, 0.6) is 11.5 Å². The van der Waals surface area contributed by atoms with Gasteiger partial charge in [0.05, 0.1) is 0 Å². The van der Waals surface area contributed by atoms with Gasteiger partial charge in [-0.3, -0.25) is 4.79 Å². The largest absolute Gasteiger partial charge is 0.507 e. The Kier molecular flexibility index (Phi) is 11.7. The molecular formula is C29H45NO7. The summed E-state index contributed by atoms with van der Waals surface area (Å²) in [4.78, 5) is 36.9. The highest BCUT2D eigenvalue weighted by molar-refractivity contribution is 5.84. The molecule has 1 heterocycles. The van der Waals surface area contributed by atoms with E-state index in [2.05, 4.69) is 12.2 Å². The Morgan fingerprint density at radius 1 is 0.973 bits per heavy atom. The van der Waals surface area contributed by atoms with Crippen LogP contribution >= 0.6 is 0 Å². The predicted octanol–water partition coefficient (Wildman–Crippen LogP) is 5.43. The maximum atomic E-state index is 12.9. The number of hydrogen-bond donors (Lipinski definition) is 3. The zero-order valence-electron chi connectivity index (χ0n) is 23.2. The highest BCUT2D eigenvalue weighted by atomic mass is 16.6. The first kappa shape index (κ1) is 30.5. The van der Waals surface area contributed by atoms with E-state index in [0.29, 0.717) is 30.6 Å². The summed E-state index contributed by atoms with van der Waals surface area (Å²) < 4.78 is 11.4. The van der Waals surface area contributed by atoms with E-state index >= 15 is 0 Å². The molecule has 0 fully saturated rings. The number of rotatable bonds is 15. The summed E-state index contributed by atoms with van der Waals surface area (Å²) in [7, 11) is 0. The minimum absolute atomic E-state index is 0.230. The number of unbranched alkanes of at least 4 members (excludes halogenated alkanes) is 8. The summed E-state index contributed by atoms with van der Waals surface area (Å²) in [5.74, 6) is -1.51. The van der Waals surface area contributed by atoms with Crippen LogP contribution < -0.4 is 10.1 Å². The molecule has 2 rings (SSSR count). The predicted molar refractivity (Wildman–Crippen MR) is 142 cm³/mol. The number of carboxylic acid groups (broad SMARTS) is 1. The number of esters is 1. The normalized spacial score (nSPS) is 17.4. The molecule has 0 aliphatic carbocycles.